The van der Waals surface area contributed by atoms with Crippen molar-refractivity contribution in [3.63, 3.8) is 0 Å². The van der Waals surface area contributed by atoms with Crippen molar-refractivity contribution in [2.45, 2.75) is 13.5 Å². The summed E-state index contributed by atoms with van der Waals surface area (Å²) in [5.74, 6) is 0.865. The van der Waals surface area contributed by atoms with Crippen molar-refractivity contribution in [1.82, 2.24) is 5.32 Å². The van der Waals surface area contributed by atoms with Crippen LogP contribution in [0.5, 0.6) is 5.75 Å². The molecule has 0 aliphatic rings. The van der Waals surface area contributed by atoms with Crippen LogP contribution >= 0.6 is 11.6 Å². The van der Waals surface area contributed by atoms with E-state index in [1.807, 2.05) is 30.3 Å². The molecule has 19 heavy (non-hydrogen) atoms. The number of ether oxygens (including phenoxy) is 1. The van der Waals surface area contributed by atoms with Gasteiger partial charge in [0.15, 0.2) is 0 Å². The number of hydrogen-bond acceptors (Lipinski definition) is 2. The topological polar surface area (TPSA) is 21.3 Å². The summed E-state index contributed by atoms with van der Waals surface area (Å²) >= 11 is 6.29. The molecule has 0 aliphatic heterocycles. The summed E-state index contributed by atoms with van der Waals surface area (Å²) in [6.45, 7) is 3.82. The first-order valence-electron chi connectivity index (χ1n) is 6.38. The minimum atomic E-state index is 0.769. The van der Waals surface area contributed by atoms with Gasteiger partial charge < -0.3 is 10.1 Å². The zero-order valence-corrected chi connectivity index (χ0v) is 12.0. The summed E-state index contributed by atoms with van der Waals surface area (Å²) in [5, 5.41) is 4.12. The van der Waals surface area contributed by atoms with Crippen LogP contribution in [-0.4, -0.2) is 13.7 Å². The van der Waals surface area contributed by atoms with E-state index < -0.39 is 0 Å². The number of halogens is 1. The van der Waals surface area contributed by atoms with Crippen LogP contribution in [0.2, 0.25) is 5.02 Å². The predicted molar refractivity (Wildman–Crippen MR) is 80.8 cm³/mol. The Morgan fingerprint density at radius 1 is 1.11 bits per heavy atom. The molecule has 0 saturated heterocycles. The minimum absolute atomic E-state index is 0.769. The smallest absolute Gasteiger partial charge is 0.119 e. The number of nitrogens with one attached hydrogen (secondary N) is 1. The first-order chi connectivity index (χ1) is 9.26. The van der Waals surface area contributed by atoms with Gasteiger partial charge >= 0.3 is 0 Å². The maximum atomic E-state index is 6.29. The van der Waals surface area contributed by atoms with Crippen LogP contribution in [0.3, 0.4) is 0 Å². The second-order valence-corrected chi connectivity index (χ2v) is 4.69. The molecule has 0 heterocycles. The monoisotopic (exact) mass is 275 g/mol. The molecule has 0 unspecified atom stereocenters. The van der Waals surface area contributed by atoms with Crippen LogP contribution < -0.4 is 10.1 Å². The quantitative estimate of drug-likeness (QED) is 0.886. The van der Waals surface area contributed by atoms with Gasteiger partial charge in [-0.15, -0.1) is 0 Å². The Bertz CT molecular complexity index is 554. The Balaban J connectivity index is 2.46. The fraction of sp³-hybridized carbons (Fsp3) is 0.250. The predicted octanol–water partition coefficient (Wildman–Crippen LogP) is 4.13. The largest absolute Gasteiger partial charge is 0.497 e. The fourth-order valence-corrected chi connectivity index (χ4v) is 2.28. The average Bonchev–Trinajstić information content (AvgIpc) is 2.45. The van der Waals surface area contributed by atoms with Gasteiger partial charge in [-0.3, -0.25) is 0 Å². The molecule has 0 saturated carbocycles. The molecule has 0 spiro atoms. The minimum Gasteiger partial charge on any atom is -0.497 e. The SMILES string of the molecule is CCNCc1cc(OC)ccc1-c1ccccc1Cl. The summed E-state index contributed by atoms with van der Waals surface area (Å²) < 4.78 is 5.30. The second kappa shape index (κ2) is 6.60. The lowest BCUT2D eigenvalue weighted by molar-refractivity contribution is 0.414. The molecule has 2 rings (SSSR count). The molecule has 0 aromatic heterocycles. The summed E-state index contributed by atoms with van der Waals surface area (Å²) in [6.07, 6.45) is 0. The fourth-order valence-electron chi connectivity index (χ4n) is 2.05. The highest BCUT2D eigenvalue weighted by Crippen LogP contribution is 2.32. The lowest BCUT2D eigenvalue weighted by Gasteiger charge is -2.13. The Morgan fingerprint density at radius 3 is 2.58 bits per heavy atom. The molecule has 0 bridgehead atoms. The zero-order valence-electron chi connectivity index (χ0n) is 11.2. The van der Waals surface area contributed by atoms with Gasteiger partial charge in [0.25, 0.3) is 0 Å². The highest BCUT2D eigenvalue weighted by molar-refractivity contribution is 6.33. The van der Waals surface area contributed by atoms with E-state index in [1.54, 1.807) is 7.11 Å². The molecular weight excluding hydrogens is 258 g/mol. The summed E-state index contributed by atoms with van der Waals surface area (Å²) in [7, 11) is 1.68. The van der Waals surface area contributed by atoms with Crippen molar-refractivity contribution in [2.24, 2.45) is 0 Å². The van der Waals surface area contributed by atoms with E-state index in [0.717, 1.165) is 35.0 Å². The Labute approximate surface area is 119 Å². The third kappa shape index (κ3) is 3.28. The zero-order chi connectivity index (χ0) is 13.7. The van der Waals surface area contributed by atoms with Gasteiger partial charge in [0.05, 0.1) is 7.11 Å². The van der Waals surface area contributed by atoms with Crippen molar-refractivity contribution < 1.29 is 4.74 Å². The molecule has 0 fully saturated rings. The molecule has 0 aliphatic carbocycles. The molecule has 0 amide bonds. The van der Waals surface area contributed by atoms with Gasteiger partial charge in [0.2, 0.25) is 0 Å². The van der Waals surface area contributed by atoms with Gasteiger partial charge in [0.1, 0.15) is 5.75 Å². The lowest BCUT2D eigenvalue weighted by Crippen LogP contribution is -2.12. The van der Waals surface area contributed by atoms with Crippen LogP contribution in [0, 0.1) is 0 Å². The Hall–Kier alpha value is -1.51. The first kappa shape index (κ1) is 13.9. The van der Waals surface area contributed by atoms with Crippen molar-refractivity contribution in [3.05, 3.63) is 53.1 Å². The normalized spacial score (nSPS) is 10.5. The third-order valence-electron chi connectivity index (χ3n) is 3.04. The van der Waals surface area contributed by atoms with Crippen LogP contribution in [0.15, 0.2) is 42.5 Å². The van der Waals surface area contributed by atoms with Gasteiger partial charge in [-0.1, -0.05) is 42.8 Å². The van der Waals surface area contributed by atoms with Crippen LogP contribution in [-0.2, 0) is 6.54 Å². The van der Waals surface area contributed by atoms with E-state index in [9.17, 15) is 0 Å². The van der Waals surface area contributed by atoms with E-state index in [2.05, 4.69) is 24.4 Å². The summed E-state index contributed by atoms with van der Waals surface area (Å²) in [4.78, 5) is 0. The van der Waals surface area contributed by atoms with Crippen LogP contribution in [0.1, 0.15) is 12.5 Å². The van der Waals surface area contributed by atoms with E-state index in [0.29, 0.717) is 0 Å². The maximum absolute atomic E-state index is 6.29. The van der Waals surface area contributed by atoms with E-state index >= 15 is 0 Å². The van der Waals surface area contributed by atoms with Crippen molar-refractivity contribution in [2.75, 3.05) is 13.7 Å². The molecule has 2 nitrogen and oxygen atoms in total. The maximum Gasteiger partial charge on any atom is 0.119 e. The van der Waals surface area contributed by atoms with Gasteiger partial charge in [0, 0.05) is 17.1 Å². The molecule has 2 aromatic carbocycles. The average molecular weight is 276 g/mol. The van der Waals surface area contributed by atoms with E-state index in [1.165, 1.54) is 5.56 Å². The van der Waals surface area contributed by atoms with E-state index in [4.69, 9.17) is 16.3 Å². The first-order valence-corrected chi connectivity index (χ1v) is 6.76. The third-order valence-corrected chi connectivity index (χ3v) is 3.37. The van der Waals surface area contributed by atoms with Gasteiger partial charge in [-0.2, -0.15) is 0 Å². The molecule has 2 aromatic rings. The van der Waals surface area contributed by atoms with Gasteiger partial charge in [-0.05, 0) is 35.9 Å². The Morgan fingerprint density at radius 2 is 1.89 bits per heavy atom. The summed E-state index contributed by atoms with van der Waals surface area (Å²) in [5.41, 5.74) is 3.39. The van der Waals surface area contributed by atoms with Gasteiger partial charge in [-0.25, -0.2) is 0 Å². The Kier molecular flexibility index (Phi) is 4.83. The van der Waals surface area contributed by atoms with Crippen molar-refractivity contribution in [3.8, 4) is 16.9 Å². The van der Waals surface area contributed by atoms with Crippen LogP contribution in [0.25, 0.3) is 11.1 Å². The standard InChI is InChI=1S/C16H18ClNO/c1-3-18-11-12-10-13(19-2)8-9-14(12)15-6-4-5-7-16(15)17/h4-10,18H,3,11H2,1-2H3. The van der Waals surface area contributed by atoms with Crippen molar-refractivity contribution in [1.29, 1.82) is 0 Å². The lowest BCUT2D eigenvalue weighted by atomic mass is 9.99. The second-order valence-electron chi connectivity index (χ2n) is 4.28. The highest BCUT2D eigenvalue weighted by Gasteiger charge is 2.09. The summed E-state index contributed by atoms with van der Waals surface area (Å²) in [6, 6.07) is 14.0. The molecule has 0 radical (unpaired) electrons. The van der Waals surface area contributed by atoms with Crippen LogP contribution in [0.4, 0.5) is 0 Å². The van der Waals surface area contributed by atoms with Crippen molar-refractivity contribution >= 4 is 11.6 Å². The molecule has 0 atom stereocenters. The molecular formula is C16H18ClNO. The molecule has 1 N–H and O–H groups in total. The number of methoxy groups -OCH3 is 1. The molecule has 100 valence electrons. The number of benzene rings is 2. The number of rotatable bonds is 5. The highest BCUT2D eigenvalue weighted by atomic mass is 35.5. The molecule has 3 heteroatoms. The van der Waals surface area contributed by atoms with E-state index in [-0.39, 0.29) is 0 Å². The number of hydrogen-bond donors (Lipinski definition) is 1.